The van der Waals surface area contributed by atoms with E-state index in [4.69, 9.17) is 16.3 Å². The number of rotatable bonds is 1. The lowest BCUT2D eigenvalue weighted by Gasteiger charge is -2.28. The van der Waals surface area contributed by atoms with Gasteiger partial charge in [-0.1, -0.05) is 29.8 Å². The zero-order chi connectivity index (χ0) is 16.7. The molecule has 1 atom stereocenters. The second kappa shape index (κ2) is 5.62. The number of hydrogen-bond donors (Lipinski definition) is 1. The van der Waals surface area contributed by atoms with Crippen LogP contribution in [0.4, 0.5) is 0 Å². The van der Waals surface area contributed by atoms with Gasteiger partial charge in [-0.2, -0.15) is 0 Å². The second-order valence-electron chi connectivity index (χ2n) is 6.14. The summed E-state index contributed by atoms with van der Waals surface area (Å²) in [7, 11) is 1.95. The van der Waals surface area contributed by atoms with Gasteiger partial charge in [0.05, 0.1) is 0 Å². The molecule has 1 N–H and O–H groups in total. The largest absolute Gasteiger partial charge is 0.457 e. The van der Waals surface area contributed by atoms with Crippen molar-refractivity contribution in [3.8, 4) is 11.5 Å². The van der Waals surface area contributed by atoms with Crippen molar-refractivity contribution in [2.45, 2.75) is 12.0 Å². The van der Waals surface area contributed by atoms with Crippen molar-refractivity contribution < 1.29 is 14.4 Å². The molecule has 2 aromatic carbocycles. The molecular weight excluding hydrogens is 322 g/mol. The molecule has 2 heterocycles. The molecule has 1 aliphatic heterocycles. The number of benzene rings is 2. The summed E-state index contributed by atoms with van der Waals surface area (Å²) in [5.41, 5.74) is 1.24. The third kappa shape index (κ3) is 2.46. The van der Waals surface area contributed by atoms with Gasteiger partial charge >= 0.3 is 0 Å². The Hall–Kier alpha value is -2.36. The summed E-state index contributed by atoms with van der Waals surface area (Å²) in [5.74, 6) is 1.39. The molecule has 0 saturated carbocycles. The third-order valence-corrected chi connectivity index (χ3v) is 4.72. The smallest absolute Gasteiger partial charge is 0.168 e. The predicted molar refractivity (Wildman–Crippen MR) is 92.3 cm³/mol. The number of aryl methyl sites for hydroxylation is 1. The molecule has 120 valence electrons. The Morgan fingerprint density at radius 2 is 1.79 bits per heavy atom. The van der Waals surface area contributed by atoms with Crippen LogP contribution in [-0.4, -0.2) is 5.11 Å². The quantitative estimate of drug-likeness (QED) is 0.686. The van der Waals surface area contributed by atoms with Crippen LogP contribution < -0.4 is 9.30 Å². The number of aromatic nitrogens is 1. The van der Waals surface area contributed by atoms with Crippen molar-refractivity contribution in [3.05, 3.63) is 88.7 Å². The first-order chi connectivity index (χ1) is 11.6. The number of pyridine rings is 1. The van der Waals surface area contributed by atoms with Gasteiger partial charge in [0, 0.05) is 34.7 Å². The van der Waals surface area contributed by atoms with Crippen LogP contribution in [0.3, 0.4) is 0 Å². The molecule has 0 amide bonds. The number of para-hydroxylation sites is 1. The maximum atomic E-state index is 11.7. The Labute approximate surface area is 145 Å². The zero-order valence-corrected chi connectivity index (χ0v) is 14.0. The van der Waals surface area contributed by atoms with E-state index in [1.165, 1.54) is 0 Å². The molecule has 0 spiro atoms. The molecule has 4 rings (SSSR count). The van der Waals surface area contributed by atoms with E-state index in [9.17, 15) is 5.11 Å². The van der Waals surface area contributed by atoms with Crippen molar-refractivity contribution >= 4 is 11.6 Å². The SMILES string of the molecule is C[n+]1ccc(C2(O)Cc3ccccc3Oc3ccc(Cl)cc32)cc1. The van der Waals surface area contributed by atoms with Crippen LogP contribution in [0.25, 0.3) is 0 Å². The van der Waals surface area contributed by atoms with Crippen molar-refractivity contribution in [1.29, 1.82) is 0 Å². The van der Waals surface area contributed by atoms with Crippen LogP contribution in [0, 0.1) is 0 Å². The first kappa shape index (κ1) is 15.2. The minimum Gasteiger partial charge on any atom is -0.457 e. The number of nitrogens with zero attached hydrogens (tertiary/aromatic N) is 1. The lowest BCUT2D eigenvalue weighted by atomic mass is 9.81. The Morgan fingerprint density at radius 3 is 2.58 bits per heavy atom. The number of ether oxygens (including phenoxy) is 1. The standard InChI is InChI=1S/C20H17ClNO2/c1-22-10-8-15(9-11-22)20(23)13-14-4-2-3-5-18(14)24-19-7-6-16(21)12-17(19)20/h2-12,23H,13H2,1H3/q+1. The van der Waals surface area contributed by atoms with Gasteiger partial charge in [-0.25, -0.2) is 4.57 Å². The van der Waals surface area contributed by atoms with Gasteiger partial charge in [-0.15, -0.1) is 0 Å². The highest BCUT2D eigenvalue weighted by Crippen LogP contribution is 2.45. The Morgan fingerprint density at radius 1 is 1.04 bits per heavy atom. The summed E-state index contributed by atoms with van der Waals surface area (Å²) in [6.45, 7) is 0. The molecule has 1 unspecified atom stereocenters. The van der Waals surface area contributed by atoms with Crippen LogP contribution in [0.1, 0.15) is 16.7 Å². The van der Waals surface area contributed by atoms with Crippen LogP contribution in [0.2, 0.25) is 5.02 Å². The Balaban J connectivity index is 1.98. The highest BCUT2D eigenvalue weighted by atomic mass is 35.5. The average molecular weight is 339 g/mol. The molecule has 3 aromatic rings. The highest BCUT2D eigenvalue weighted by Gasteiger charge is 2.38. The van der Waals surface area contributed by atoms with E-state index >= 15 is 0 Å². The maximum Gasteiger partial charge on any atom is 0.168 e. The zero-order valence-electron chi connectivity index (χ0n) is 13.2. The average Bonchev–Trinajstić information content (AvgIpc) is 2.70. The molecule has 3 nitrogen and oxygen atoms in total. The summed E-state index contributed by atoms with van der Waals surface area (Å²) in [4.78, 5) is 0. The van der Waals surface area contributed by atoms with Gasteiger partial charge < -0.3 is 9.84 Å². The molecule has 4 heteroatoms. The summed E-state index contributed by atoms with van der Waals surface area (Å²) >= 11 is 6.21. The summed E-state index contributed by atoms with van der Waals surface area (Å²) in [5, 5.41) is 12.3. The van der Waals surface area contributed by atoms with E-state index in [1.54, 1.807) is 12.1 Å². The summed E-state index contributed by atoms with van der Waals surface area (Å²) in [6, 6.07) is 17.0. The molecule has 0 fully saturated rings. The van der Waals surface area contributed by atoms with Crippen molar-refractivity contribution in [2.75, 3.05) is 0 Å². The van der Waals surface area contributed by atoms with Crippen molar-refractivity contribution in [1.82, 2.24) is 0 Å². The normalized spacial score (nSPS) is 19.0. The summed E-state index contributed by atoms with van der Waals surface area (Å²) in [6.07, 6.45) is 4.27. The molecular formula is C20H17ClNO2+. The highest BCUT2D eigenvalue weighted by molar-refractivity contribution is 6.30. The van der Waals surface area contributed by atoms with E-state index in [2.05, 4.69) is 0 Å². The number of aliphatic hydroxyl groups is 1. The van der Waals surface area contributed by atoms with Gasteiger partial charge in [0.25, 0.3) is 0 Å². The molecule has 0 aliphatic carbocycles. The van der Waals surface area contributed by atoms with Gasteiger partial charge in [-0.05, 0) is 29.8 Å². The molecule has 0 bridgehead atoms. The van der Waals surface area contributed by atoms with Crippen LogP contribution in [-0.2, 0) is 19.1 Å². The number of hydrogen-bond acceptors (Lipinski definition) is 2. The Kier molecular flexibility index (Phi) is 3.56. The van der Waals surface area contributed by atoms with E-state index in [1.807, 2.05) is 66.5 Å². The lowest BCUT2D eigenvalue weighted by molar-refractivity contribution is -0.671. The number of halogens is 1. The minimum atomic E-state index is -1.21. The maximum absolute atomic E-state index is 11.7. The molecule has 0 radical (unpaired) electrons. The third-order valence-electron chi connectivity index (χ3n) is 4.48. The van der Waals surface area contributed by atoms with E-state index in [0.717, 1.165) is 16.9 Å². The molecule has 1 aliphatic rings. The number of fused-ring (bicyclic) bond motifs is 2. The van der Waals surface area contributed by atoms with Crippen molar-refractivity contribution in [2.24, 2.45) is 7.05 Å². The lowest BCUT2D eigenvalue weighted by Crippen LogP contribution is -2.32. The summed E-state index contributed by atoms with van der Waals surface area (Å²) < 4.78 is 8.01. The van der Waals surface area contributed by atoms with Gasteiger partial charge in [0.1, 0.15) is 24.1 Å². The van der Waals surface area contributed by atoms with E-state index in [0.29, 0.717) is 22.8 Å². The first-order valence-corrected chi connectivity index (χ1v) is 8.18. The Bertz CT molecular complexity index is 908. The van der Waals surface area contributed by atoms with Gasteiger partial charge in [0.15, 0.2) is 12.4 Å². The molecule has 1 aromatic heterocycles. The van der Waals surface area contributed by atoms with E-state index in [-0.39, 0.29) is 0 Å². The fourth-order valence-electron chi connectivity index (χ4n) is 3.19. The minimum absolute atomic E-state index is 0.421. The van der Waals surface area contributed by atoms with E-state index < -0.39 is 5.60 Å². The van der Waals surface area contributed by atoms with Crippen LogP contribution in [0.15, 0.2) is 67.0 Å². The van der Waals surface area contributed by atoms with Crippen LogP contribution >= 0.6 is 11.6 Å². The molecule has 24 heavy (non-hydrogen) atoms. The monoisotopic (exact) mass is 338 g/mol. The van der Waals surface area contributed by atoms with Crippen LogP contribution in [0.5, 0.6) is 11.5 Å². The topological polar surface area (TPSA) is 33.3 Å². The predicted octanol–water partition coefficient (Wildman–Crippen LogP) is 3.75. The fourth-order valence-corrected chi connectivity index (χ4v) is 3.36. The second-order valence-corrected chi connectivity index (χ2v) is 6.58. The van der Waals surface area contributed by atoms with Gasteiger partial charge in [-0.3, -0.25) is 0 Å². The molecule has 0 saturated heterocycles. The van der Waals surface area contributed by atoms with Gasteiger partial charge in [0.2, 0.25) is 0 Å². The fraction of sp³-hybridized carbons (Fsp3) is 0.150. The van der Waals surface area contributed by atoms with Crippen molar-refractivity contribution in [3.63, 3.8) is 0 Å². The first-order valence-electron chi connectivity index (χ1n) is 7.80.